The van der Waals surface area contributed by atoms with Gasteiger partial charge in [-0.1, -0.05) is 6.07 Å². The number of aromatic nitrogens is 1. The highest BCUT2D eigenvalue weighted by Crippen LogP contribution is 2.36. The van der Waals surface area contributed by atoms with E-state index >= 15 is 0 Å². The number of nitrogens with zero attached hydrogens (tertiary/aromatic N) is 1. The van der Waals surface area contributed by atoms with E-state index in [0.29, 0.717) is 18.6 Å². The Hall–Kier alpha value is -1.30. The van der Waals surface area contributed by atoms with E-state index in [2.05, 4.69) is 22.0 Å². The molecule has 1 aromatic carbocycles. The van der Waals surface area contributed by atoms with Crippen molar-refractivity contribution in [1.29, 1.82) is 0 Å². The highest BCUT2D eigenvalue weighted by atomic mass is 32.2. The number of aliphatic hydroxyl groups excluding tert-OH is 1. The average Bonchev–Trinajstić information content (AvgIpc) is 2.77. The maximum Gasteiger partial charge on any atom is 0.252 e. The lowest BCUT2D eigenvalue weighted by atomic mass is 9.99. The molecule has 1 aromatic heterocycles. The van der Waals surface area contributed by atoms with Gasteiger partial charge in [-0.2, -0.15) is 0 Å². The van der Waals surface area contributed by atoms with E-state index in [9.17, 15) is 9.90 Å². The largest absolute Gasteiger partial charge is 0.393 e. The zero-order valence-electron chi connectivity index (χ0n) is 13.3. The van der Waals surface area contributed by atoms with E-state index in [1.165, 1.54) is 0 Å². The highest BCUT2D eigenvalue weighted by molar-refractivity contribution is 7.98. The van der Waals surface area contributed by atoms with Gasteiger partial charge in [-0.05, 0) is 55.5 Å². The quantitative estimate of drug-likeness (QED) is 0.850. The predicted octanol–water partition coefficient (Wildman–Crippen LogP) is 2.74. The second-order valence-corrected chi connectivity index (χ2v) is 7.64. The summed E-state index contributed by atoms with van der Waals surface area (Å²) in [5.41, 5.74) is 1.76. The van der Waals surface area contributed by atoms with Crippen LogP contribution in [0.2, 0.25) is 0 Å². The third-order valence-corrected chi connectivity index (χ3v) is 6.07. The van der Waals surface area contributed by atoms with Crippen molar-refractivity contribution >= 4 is 22.7 Å². The molecule has 0 spiro atoms. The monoisotopic (exact) mass is 330 g/mol. The molecular weight excluding hydrogens is 308 g/mol. The van der Waals surface area contributed by atoms with Gasteiger partial charge < -0.3 is 10.1 Å². The molecule has 0 radical (unpaired) electrons. The molecule has 2 aliphatic rings. The number of rotatable bonds is 3. The lowest BCUT2D eigenvalue weighted by molar-refractivity contribution is 0.0308. The fourth-order valence-corrected chi connectivity index (χ4v) is 4.61. The lowest BCUT2D eigenvalue weighted by Crippen LogP contribution is -2.44. The van der Waals surface area contributed by atoms with E-state index in [4.69, 9.17) is 0 Å². The fourth-order valence-electron chi connectivity index (χ4n) is 4.17. The number of fused-ring (bicyclic) bond motifs is 3. The minimum absolute atomic E-state index is 0.0151. The van der Waals surface area contributed by atoms with Crippen molar-refractivity contribution < 1.29 is 5.11 Å². The Morgan fingerprint density at radius 2 is 2.00 bits per heavy atom. The standard InChI is InChI=1S/C18H22N2O2S/c1-23-16-5-2-11-6-12(18(22)19-17(11)9-16)10-20-13-3-4-14(20)8-15(21)7-13/h2,5-6,9,13-15,21H,3-4,7-8,10H2,1H3,(H,19,22)/t13-,14+,15?. The van der Waals surface area contributed by atoms with Gasteiger partial charge in [0.2, 0.25) is 0 Å². The summed E-state index contributed by atoms with van der Waals surface area (Å²) < 4.78 is 0. The topological polar surface area (TPSA) is 56.3 Å². The average molecular weight is 330 g/mol. The van der Waals surface area contributed by atoms with Gasteiger partial charge in [0.15, 0.2) is 0 Å². The van der Waals surface area contributed by atoms with Crippen molar-refractivity contribution in [3.8, 4) is 0 Å². The lowest BCUT2D eigenvalue weighted by Gasteiger charge is -2.37. The SMILES string of the molecule is CSc1ccc2cc(CN3[C@@H]4CC[C@H]3CC(O)C4)c(=O)[nH]c2c1. The Kier molecular flexibility index (Phi) is 3.95. The van der Waals surface area contributed by atoms with Crippen LogP contribution < -0.4 is 5.56 Å². The zero-order valence-corrected chi connectivity index (χ0v) is 14.1. The summed E-state index contributed by atoms with van der Waals surface area (Å²) in [6, 6.07) is 9.09. The molecular formula is C18H22N2O2S. The van der Waals surface area contributed by atoms with Crippen LogP contribution in [0, 0.1) is 0 Å². The molecule has 0 aliphatic carbocycles. The Morgan fingerprint density at radius 3 is 2.70 bits per heavy atom. The molecule has 2 aliphatic heterocycles. The Balaban J connectivity index is 1.64. The first kappa shape index (κ1) is 15.2. The van der Waals surface area contributed by atoms with E-state index in [1.54, 1.807) is 11.8 Å². The minimum Gasteiger partial charge on any atom is -0.393 e. The van der Waals surface area contributed by atoms with Crippen LogP contribution in [0.3, 0.4) is 0 Å². The number of piperidine rings is 1. The predicted molar refractivity (Wildman–Crippen MR) is 93.9 cm³/mol. The van der Waals surface area contributed by atoms with Gasteiger partial charge >= 0.3 is 0 Å². The molecule has 3 atom stereocenters. The Labute approximate surface area is 139 Å². The van der Waals surface area contributed by atoms with Gasteiger partial charge in [-0.15, -0.1) is 11.8 Å². The molecule has 2 N–H and O–H groups in total. The molecule has 3 heterocycles. The van der Waals surface area contributed by atoms with E-state index < -0.39 is 0 Å². The van der Waals surface area contributed by atoms with Gasteiger partial charge in [-0.3, -0.25) is 9.69 Å². The normalized spacial score (nSPS) is 27.7. The molecule has 122 valence electrons. The summed E-state index contributed by atoms with van der Waals surface area (Å²) in [4.78, 5) is 19.1. The van der Waals surface area contributed by atoms with Gasteiger partial charge in [0, 0.05) is 34.6 Å². The molecule has 1 unspecified atom stereocenters. The van der Waals surface area contributed by atoms with Crippen molar-refractivity contribution in [3.05, 3.63) is 40.2 Å². The molecule has 4 rings (SSSR count). The first-order valence-electron chi connectivity index (χ1n) is 8.28. The molecule has 0 amide bonds. The summed E-state index contributed by atoms with van der Waals surface area (Å²) in [5.74, 6) is 0. The molecule has 2 bridgehead atoms. The molecule has 23 heavy (non-hydrogen) atoms. The minimum atomic E-state index is -0.163. The number of benzene rings is 1. The smallest absolute Gasteiger partial charge is 0.252 e. The van der Waals surface area contributed by atoms with Gasteiger partial charge in [0.1, 0.15) is 0 Å². The third-order valence-electron chi connectivity index (χ3n) is 5.34. The summed E-state index contributed by atoms with van der Waals surface area (Å²) in [6.45, 7) is 0.692. The van der Waals surface area contributed by atoms with Gasteiger partial charge in [0.05, 0.1) is 6.10 Å². The number of hydrogen-bond donors (Lipinski definition) is 2. The van der Waals surface area contributed by atoms with Crippen LogP contribution in [-0.2, 0) is 6.54 Å². The molecule has 0 saturated carbocycles. The van der Waals surface area contributed by atoms with Gasteiger partial charge in [0.25, 0.3) is 5.56 Å². The first-order valence-corrected chi connectivity index (χ1v) is 9.50. The number of thioether (sulfide) groups is 1. The second-order valence-electron chi connectivity index (χ2n) is 6.76. The van der Waals surface area contributed by atoms with Crippen molar-refractivity contribution in [2.75, 3.05) is 6.26 Å². The summed E-state index contributed by atoms with van der Waals surface area (Å²) in [5, 5.41) is 11.0. The number of aromatic amines is 1. The maximum absolute atomic E-state index is 12.5. The Bertz CT molecular complexity index is 774. The summed E-state index contributed by atoms with van der Waals surface area (Å²) in [7, 11) is 0. The number of H-pyrrole nitrogens is 1. The van der Waals surface area contributed by atoms with E-state index in [-0.39, 0.29) is 11.7 Å². The van der Waals surface area contributed by atoms with Crippen LogP contribution in [0.4, 0.5) is 0 Å². The van der Waals surface area contributed by atoms with Crippen molar-refractivity contribution in [2.24, 2.45) is 0 Å². The Morgan fingerprint density at radius 1 is 1.26 bits per heavy atom. The third kappa shape index (κ3) is 2.82. The summed E-state index contributed by atoms with van der Waals surface area (Å²) >= 11 is 1.68. The highest BCUT2D eigenvalue weighted by Gasteiger charge is 2.40. The number of hydrogen-bond acceptors (Lipinski definition) is 4. The van der Waals surface area contributed by atoms with E-state index in [0.717, 1.165) is 47.0 Å². The van der Waals surface area contributed by atoms with Crippen LogP contribution >= 0.6 is 11.8 Å². The van der Waals surface area contributed by atoms with Crippen LogP contribution in [0.1, 0.15) is 31.2 Å². The maximum atomic E-state index is 12.5. The number of aliphatic hydroxyl groups is 1. The second kappa shape index (κ2) is 5.96. The van der Waals surface area contributed by atoms with E-state index in [1.807, 2.05) is 18.4 Å². The molecule has 5 heteroatoms. The first-order chi connectivity index (χ1) is 11.1. The van der Waals surface area contributed by atoms with Crippen LogP contribution in [-0.4, -0.2) is 39.4 Å². The molecule has 2 saturated heterocycles. The molecule has 2 aromatic rings. The molecule has 4 nitrogen and oxygen atoms in total. The summed E-state index contributed by atoms with van der Waals surface area (Å²) in [6.07, 6.45) is 5.85. The zero-order chi connectivity index (χ0) is 16.0. The number of pyridine rings is 1. The van der Waals surface area contributed by atoms with Crippen molar-refractivity contribution in [3.63, 3.8) is 0 Å². The van der Waals surface area contributed by atoms with Gasteiger partial charge in [-0.25, -0.2) is 0 Å². The van der Waals surface area contributed by atoms with Crippen LogP contribution in [0.15, 0.2) is 34.0 Å². The molecule has 2 fully saturated rings. The van der Waals surface area contributed by atoms with Crippen LogP contribution in [0.25, 0.3) is 10.9 Å². The number of nitrogens with one attached hydrogen (secondary N) is 1. The van der Waals surface area contributed by atoms with Crippen molar-refractivity contribution in [2.45, 2.75) is 55.3 Å². The van der Waals surface area contributed by atoms with Crippen molar-refractivity contribution in [1.82, 2.24) is 9.88 Å². The fraction of sp³-hybridized carbons (Fsp3) is 0.500. The van der Waals surface area contributed by atoms with Crippen LogP contribution in [0.5, 0.6) is 0 Å².